The van der Waals surface area contributed by atoms with E-state index in [1.54, 1.807) is 0 Å². The molecule has 0 spiro atoms. The first-order valence-electron chi connectivity index (χ1n) is 5.73. The number of hydrogen-bond acceptors (Lipinski definition) is 1. The molecule has 1 N–H and O–H groups in total. The zero-order valence-electron chi connectivity index (χ0n) is 9.17. The molecule has 1 aromatic rings. The summed E-state index contributed by atoms with van der Waals surface area (Å²) in [5, 5.41) is 4.44. The summed E-state index contributed by atoms with van der Waals surface area (Å²) < 4.78 is 0. The second kappa shape index (κ2) is 5.00. The smallest absolute Gasteiger partial charge is 0.0406 e. The monoisotopic (exact) mass is 223 g/mol. The number of rotatable bonds is 3. The molecule has 15 heavy (non-hydrogen) atoms. The van der Waals surface area contributed by atoms with Gasteiger partial charge in [-0.05, 0) is 36.5 Å². The molecule has 0 unspecified atom stereocenters. The Kier molecular flexibility index (Phi) is 3.66. The fraction of sp³-hybridized carbons (Fsp3) is 0.538. The molecular weight excluding hydrogens is 206 g/mol. The van der Waals surface area contributed by atoms with E-state index in [2.05, 4.69) is 24.4 Å². The van der Waals surface area contributed by atoms with Gasteiger partial charge in [-0.3, -0.25) is 0 Å². The lowest BCUT2D eigenvalue weighted by Gasteiger charge is -2.17. The molecule has 0 aliphatic heterocycles. The third kappa shape index (κ3) is 2.96. The number of hydrogen-bond donors (Lipinski definition) is 1. The first kappa shape index (κ1) is 11.0. The maximum absolute atomic E-state index is 5.84. The van der Waals surface area contributed by atoms with Gasteiger partial charge in [-0.1, -0.05) is 37.1 Å². The van der Waals surface area contributed by atoms with Gasteiger partial charge in [-0.25, -0.2) is 0 Å². The van der Waals surface area contributed by atoms with Crippen molar-refractivity contribution < 1.29 is 0 Å². The topological polar surface area (TPSA) is 12.0 Å². The molecule has 0 radical (unpaired) electrons. The Morgan fingerprint density at radius 2 is 2.00 bits per heavy atom. The quantitative estimate of drug-likeness (QED) is 0.826. The predicted octanol–water partition coefficient (Wildman–Crippen LogP) is 3.62. The van der Waals surface area contributed by atoms with Gasteiger partial charge in [0.15, 0.2) is 0 Å². The molecule has 1 aromatic carbocycles. The van der Waals surface area contributed by atoms with Crippen LogP contribution in [-0.2, 0) is 6.54 Å². The van der Waals surface area contributed by atoms with E-state index in [1.165, 1.54) is 24.8 Å². The molecule has 0 bridgehead atoms. The van der Waals surface area contributed by atoms with Gasteiger partial charge in [0.1, 0.15) is 0 Å². The van der Waals surface area contributed by atoms with Crippen LogP contribution >= 0.6 is 11.6 Å². The molecule has 0 amide bonds. The molecule has 0 aromatic heterocycles. The number of nitrogens with one attached hydrogen (secondary N) is 1. The van der Waals surface area contributed by atoms with Crippen molar-refractivity contribution in [3.63, 3.8) is 0 Å². The van der Waals surface area contributed by atoms with Crippen molar-refractivity contribution in [2.24, 2.45) is 5.92 Å². The molecule has 1 nitrogen and oxygen atoms in total. The molecule has 0 heterocycles. The van der Waals surface area contributed by atoms with Crippen molar-refractivity contribution in [3.8, 4) is 0 Å². The normalized spacial score (nSPS) is 25.7. The standard InChI is InChI=1S/C13H18ClN/c1-10-3-2-4-13(10)15-9-11-5-7-12(14)8-6-11/h5-8,10,13,15H,2-4,9H2,1H3/t10-,13+/m1/s1. The van der Waals surface area contributed by atoms with Crippen molar-refractivity contribution in [2.75, 3.05) is 0 Å². The van der Waals surface area contributed by atoms with E-state index in [0.29, 0.717) is 6.04 Å². The number of benzene rings is 1. The van der Waals surface area contributed by atoms with E-state index in [9.17, 15) is 0 Å². The molecule has 2 atom stereocenters. The van der Waals surface area contributed by atoms with E-state index < -0.39 is 0 Å². The van der Waals surface area contributed by atoms with Gasteiger partial charge in [0.25, 0.3) is 0 Å². The molecule has 0 saturated heterocycles. The molecule has 1 aliphatic carbocycles. The van der Waals surface area contributed by atoms with Crippen LogP contribution in [-0.4, -0.2) is 6.04 Å². The average Bonchev–Trinajstić information content (AvgIpc) is 2.63. The Hall–Kier alpha value is -0.530. The van der Waals surface area contributed by atoms with Crippen molar-refractivity contribution in [3.05, 3.63) is 34.9 Å². The Bertz CT molecular complexity index is 307. The van der Waals surface area contributed by atoms with Crippen LogP contribution in [0.2, 0.25) is 5.02 Å². The lowest BCUT2D eigenvalue weighted by molar-refractivity contribution is 0.426. The highest BCUT2D eigenvalue weighted by Gasteiger charge is 2.22. The first-order chi connectivity index (χ1) is 7.25. The first-order valence-corrected chi connectivity index (χ1v) is 6.11. The lowest BCUT2D eigenvalue weighted by atomic mass is 10.1. The Balaban J connectivity index is 1.85. The zero-order chi connectivity index (χ0) is 10.7. The predicted molar refractivity (Wildman–Crippen MR) is 65.1 cm³/mol. The van der Waals surface area contributed by atoms with Crippen molar-refractivity contribution >= 4 is 11.6 Å². The third-order valence-electron chi connectivity index (χ3n) is 3.34. The van der Waals surface area contributed by atoms with E-state index >= 15 is 0 Å². The minimum Gasteiger partial charge on any atom is -0.310 e. The highest BCUT2D eigenvalue weighted by Crippen LogP contribution is 2.25. The van der Waals surface area contributed by atoms with E-state index in [-0.39, 0.29) is 0 Å². The van der Waals surface area contributed by atoms with Crippen LogP contribution in [0.15, 0.2) is 24.3 Å². The fourth-order valence-corrected chi connectivity index (χ4v) is 2.43. The SMILES string of the molecule is C[C@@H]1CCC[C@@H]1NCc1ccc(Cl)cc1. The second-order valence-electron chi connectivity index (χ2n) is 4.52. The lowest BCUT2D eigenvalue weighted by Crippen LogP contribution is -2.30. The average molecular weight is 224 g/mol. The van der Waals surface area contributed by atoms with Gasteiger partial charge >= 0.3 is 0 Å². The van der Waals surface area contributed by atoms with Crippen molar-refractivity contribution in [1.82, 2.24) is 5.32 Å². The highest BCUT2D eigenvalue weighted by atomic mass is 35.5. The van der Waals surface area contributed by atoms with Crippen LogP contribution in [0, 0.1) is 5.92 Å². The van der Waals surface area contributed by atoms with Crippen LogP contribution in [0.4, 0.5) is 0 Å². The van der Waals surface area contributed by atoms with Gasteiger partial charge in [0.05, 0.1) is 0 Å². The van der Waals surface area contributed by atoms with Gasteiger partial charge < -0.3 is 5.32 Å². The third-order valence-corrected chi connectivity index (χ3v) is 3.60. The van der Waals surface area contributed by atoms with E-state index in [0.717, 1.165) is 17.5 Å². The molecule has 2 rings (SSSR count). The van der Waals surface area contributed by atoms with Crippen molar-refractivity contribution in [2.45, 2.75) is 38.8 Å². The summed E-state index contributed by atoms with van der Waals surface area (Å²) in [6.45, 7) is 3.30. The maximum atomic E-state index is 5.84. The molecule has 2 heteroatoms. The fourth-order valence-electron chi connectivity index (χ4n) is 2.30. The van der Waals surface area contributed by atoms with Crippen LogP contribution < -0.4 is 5.32 Å². The summed E-state index contributed by atoms with van der Waals surface area (Å²) >= 11 is 5.84. The summed E-state index contributed by atoms with van der Waals surface area (Å²) in [6.07, 6.45) is 4.08. The molecular formula is C13H18ClN. The Morgan fingerprint density at radius 1 is 1.27 bits per heavy atom. The Morgan fingerprint density at radius 3 is 2.60 bits per heavy atom. The second-order valence-corrected chi connectivity index (χ2v) is 4.96. The van der Waals surface area contributed by atoms with E-state index in [4.69, 9.17) is 11.6 Å². The van der Waals surface area contributed by atoms with Gasteiger partial charge in [-0.2, -0.15) is 0 Å². The molecule has 1 aliphatic rings. The molecule has 1 saturated carbocycles. The van der Waals surface area contributed by atoms with Gasteiger partial charge in [0.2, 0.25) is 0 Å². The summed E-state index contributed by atoms with van der Waals surface area (Å²) in [5.74, 6) is 0.831. The van der Waals surface area contributed by atoms with Gasteiger partial charge in [0, 0.05) is 17.6 Å². The number of halogens is 1. The minimum atomic E-state index is 0.709. The highest BCUT2D eigenvalue weighted by molar-refractivity contribution is 6.30. The van der Waals surface area contributed by atoms with Crippen molar-refractivity contribution in [1.29, 1.82) is 0 Å². The summed E-state index contributed by atoms with van der Waals surface area (Å²) in [4.78, 5) is 0. The molecule has 1 fully saturated rings. The maximum Gasteiger partial charge on any atom is 0.0406 e. The largest absolute Gasteiger partial charge is 0.310 e. The van der Waals surface area contributed by atoms with E-state index in [1.807, 2.05) is 12.1 Å². The summed E-state index contributed by atoms with van der Waals surface area (Å²) in [6, 6.07) is 8.80. The van der Waals surface area contributed by atoms with Crippen LogP contribution in [0.3, 0.4) is 0 Å². The van der Waals surface area contributed by atoms with Crippen LogP contribution in [0.1, 0.15) is 31.7 Å². The van der Waals surface area contributed by atoms with Crippen LogP contribution in [0.5, 0.6) is 0 Å². The summed E-state index contributed by atoms with van der Waals surface area (Å²) in [5.41, 5.74) is 1.32. The van der Waals surface area contributed by atoms with Gasteiger partial charge in [-0.15, -0.1) is 0 Å². The zero-order valence-corrected chi connectivity index (χ0v) is 9.93. The Labute approximate surface area is 96.8 Å². The van der Waals surface area contributed by atoms with Crippen LogP contribution in [0.25, 0.3) is 0 Å². The minimum absolute atomic E-state index is 0.709. The molecule has 82 valence electrons. The summed E-state index contributed by atoms with van der Waals surface area (Å²) in [7, 11) is 0.